The van der Waals surface area contributed by atoms with E-state index in [1.54, 1.807) is 0 Å². The van der Waals surface area contributed by atoms with Gasteiger partial charge >= 0.3 is 0 Å². The Hall–Kier alpha value is -1.84. The molecule has 1 unspecified atom stereocenters. The Kier molecular flexibility index (Phi) is 5.77. The molecule has 0 aromatic heterocycles. The Labute approximate surface area is 155 Å². The van der Waals surface area contributed by atoms with Crippen LogP contribution in [0.5, 0.6) is 0 Å². The Morgan fingerprint density at radius 1 is 1.16 bits per heavy atom. The molecule has 0 aliphatic carbocycles. The third kappa shape index (κ3) is 4.42. The normalized spacial score (nSPS) is 17.2. The minimum Gasteiger partial charge on any atom is -0.324 e. The second-order valence-corrected chi connectivity index (χ2v) is 7.39. The topological polar surface area (TPSA) is 32.3 Å². The molecule has 0 radical (unpaired) electrons. The molecule has 0 bridgehead atoms. The van der Waals surface area contributed by atoms with E-state index in [1.165, 1.54) is 0 Å². The van der Waals surface area contributed by atoms with Crippen molar-refractivity contribution in [3.63, 3.8) is 0 Å². The van der Waals surface area contributed by atoms with E-state index in [0.29, 0.717) is 5.02 Å². The maximum absolute atomic E-state index is 13.1. The van der Waals surface area contributed by atoms with Gasteiger partial charge in [0.1, 0.15) is 6.04 Å². The summed E-state index contributed by atoms with van der Waals surface area (Å²) in [6.45, 7) is 6.13. The van der Waals surface area contributed by atoms with E-state index in [4.69, 9.17) is 11.6 Å². The van der Waals surface area contributed by atoms with Gasteiger partial charge in [0.15, 0.2) is 0 Å². The quantitative estimate of drug-likeness (QED) is 0.830. The SMILES string of the molecule is Cc1ccc(NC(=O)C(c2ccccc2)N2CCC(C)CC2)cc1Cl. The van der Waals surface area contributed by atoms with Crippen molar-refractivity contribution >= 4 is 23.2 Å². The summed E-state index contributed by atoms with van der Waals surface area (Å²) in [7, 11) is 0. The van der Waals surface area contributed by atoms with Crippen molar-refractivity contribution in [2.45, 2.75) is 32.7 Å². The number of likely N-dealkylation sites (tertiary alicyclic amines) is 1. The highest BCUT2D eigenvalue weighted by Crippen LogP contribution is 2.28. The number of carbonyl (C=O) groups excluding carboxylic acids is 1. The van der Waals surface area contributed by atoms with Gasteiger partial charge in [0, 0.05) is 10.7 Å². The Bertz CT molecular complexity index is 724. The molecule has 2 aromatic rings. The smallest absolute Gasteiger partial charge is 0.246 e. The summed E-state index contributed by atoms with van der Waals surface area (Å²) >= 11 is 6.20. The Morgan fingerprint density at radius 3 is 2.48 bits per heavy atom. The number of nitrogens with one attached hydrogen (secondary N) is 1. The zero-order valence-corrected chi connectivity index (χ0v) is 15.6. The highest BCUT2D eigenvalue weighted by atomic mass is 35.5. The summed E-state index contributed by atoms with van der Waals surface area (Å²) in [5.41, 5.74) is 2.78. The lowest BCUT2D eigenvalue weighted by Crippen LogP contribution is -2.41. The fourth-order valence-corrected chi connectivity index (χ4v) is 3.51. The summed E-state index contributed by atoms with van der Waals surface area (Å²) in [6, 6.07) is 15.4. The average molecular weight is 357 g/mol. The Balaban J connectivity index is 1.83. The van der Waals surface area contributed by atoms with Crippen molar-refractivity contribution in [1.29, 1.82) is 0 Å². The standard InChI is InChI=1S/C21H25ClN2O/c1-15-10-12-24(13-11-15)20(17-6-4-3-5-7-17)21(25)23-18-9-8-16(2)19(22)14-18/h3-9,14-15,20H,10-13H2,1-2H3,(H,23,25). The molecular weight excluding hydrogens is 332 g/mol. The minimum atomic E-state index is -0.270. The van der Waals surface area contributed by atoms with Crippen LogP contribution in [0.2, 0.25) is 5.02 Å². The van der Waals surface area contributed by atoms with E-state index in [9.17, 15) is 4.79 Å². The highest BCUT2D eigenvalue weighted by molar-refractivity contribution is 6.31. The van der Waals surface area contributed by atoms with Gasteiger partial charge in [-0.1, -0.05) is 54.9 Å². The summed E-state index contributed by atoms with van der Waals surface area (Å²) in [5.74, 6) is 0.729. The lowest BCUT2D eigenvalue weighted by Gasteiger charge is -2.36. The molecular formula is C21H25ClN2O. The molecule has 1 amide bonds. The largest absolute Gasteiger partial charge is 0.324 e. The number of carbonyl (C=O) groups is 1. The van der Waals surface area contributed by atoms with Crippen LogP contribution in [0, 0.1) is 12.8 Å². The zero-order valence-electron chi connectivity index (χ0n) is 14.8. The van der Waals surface area contributed by atoms with Gasteiger partial charge in [0.05, 0.1) is 0 Å². The molecule has 1 saturated heterocycles. The maximum Gasteiger partial charge on any atom is 0.246 e. The van der Waals surface area contributed by atoms with E-state index in [1.807, 2.05) is 55.5 Å². The fraction of sp³-hybridized carbons (Fsp3) is 0.381. The number of anilines is 1. The van der Waals surface area contributed by atoms with Crippen LogP contribution >= 0.6 is 11.6 Å². The van der Waals surface area contributed by atoms with Crippen LogP contribution in [-0.4, -0.2) is 23.9 Å². The molecule has 1 fully saturated rings. The molecule has 2 aromatic carbocycles. The van der Waals surface area contributed by atoms with Crippen LogP contribution in [0.25, 0.3) is 0 Å². The predicted molar refractivity (Wildman–Crippen MR) is 104 cm³/mol. The van der Waals surface area contributed by atoms with Crippen LogP contribution in [0.4, 0.5) is 5.69 Å². The van der Waals surface area contributed by atoms with E-state index < -0.39 is 0 Å². The van der Waals surface area contributed by atoms with Crippen molar-refractivity contribution in [2.75, 3.05) is 18.4 Å². The number of amides is 1. The second kappa shape index (κ2) is 8.03. The number of piperidine rings is 1. The molecule has 1 aliphatic rings. The molecule has 25 heavy (non-hydrogen) atoms. The summed E-state index contributed by atoms with van der Waals surface area (Å²) in [6.07, 6.45) is 2.26. The molecule has 1 N–H and O–H groups in total. The molecule has 1 aliphatic heterocycles. The number of hydrogen-bond donors (Lipinski definition) is 1. The first kappa shape index (κ1) is 18.0. The molecule has 1 heterocycles. The summed E-state index contributed by atoms with van der Waals surface area (Å²) in [5, 5.41) is 3.72. The van der Waals surface area contributed by atoms with Crippen LogP contribution in [0.1, 0.15) is 36.9 Å². The zero-order chi connectivity index (χ0) is 17.8. The third-order valence-electron chi connectivity index (χ3n) is 4.99. The molecule has 3 rings (SSSR count). The monoisotopic (exact) mass is 356 g/mol. The number of hydrogen-bond acceptors (Lipinski definition) is 2. The van der Waals surface area contributed by atoms with Crippen molar-refractivity contribution in [3.05, 3.63) is 64.7 Å². The first-order valence-corrected chi connectivity index (χ1v) is 9.28. The average Bonchev–Trinajstić information content (AvgIpc) is 2.61. The van der Waals surface area contributed by atoms with Gasteiger partial charge < -0.3 is 5.32 Å². The van der Waals surface area contributed by atoms with Crippen LogP contribution < -0.4 is 5.32 Å². The highest BCUT2D eigenvalue weighted by Gasteiger charge is 2.30. The molecule has 0 spiro atoms. The van der Waals surface area contributed by atoms with Crippen LogP contribution in [0.3, 0.4) is 0 Å². The fourth-order valence-electron chi connectivity index (χ4n) is 3.33. The van der Waals surface area contributed by atoms with Gasteiger partial charge in [-0.05, 0) is 62.0 Å². The molecule has 3 nitrogen and oxygen atoms in total. The maximum atomic E-state index is 13.1. The molecule has 1 atom stereocenters. The van der Waals surface area contributed by atoms with Crippen molar-refractivity contribution < 1.29 is 4.79 Å². The predicted octanol–water partition coefficient (Wildman–Crippen LogP) is 5.06. The molecule has 0 saturated carbocycles. The van der Waals surface area contributed by atoms with E-state index in [2.05, 4.69) is 17.1 Å². The van der Waals surface area contributed by atoms with E-state index in [-0.39, 0.29) is 11.9 Å². The molecule has 4 heteroatoms. The third-order valence-corrected chi connectivity index (χ3v) is 5.39. The molecule has 132 valence electrons. The van der Waals surface area contributed by atoms with E-state index >= 15 is 0 Å². The first-order chi connectivity index (χ1) is 12.0. The van der Waals surface area contributed by atoms with Gasteiger partial charge in [-0.3, -0.25) is 9.69 Å². The van der Waals surface area contributed by atoms with Gasteiger partial charge in [-0.25, -0.2) is 0 Å². The lowest BCUT2D eigenvalue weighted by molar-refractivity contribution is -0.122. The van der Waals surface area contributed by atoms with Gasteiger partial charge in [-0.15, -0.1) is 0 Å². The number of aryl methyl sites for hydroxylation is 1. The van der Waals surface area contributed by atoms with Gasteiger partial charge in [0.25, 0.3) is 0 Å². The number of nitrogens with zero attached hydrogens (tertiary/aromatic N) is 1. The van der Waals surface area contributed by atoms with Gasteiger partial charge in [0.2, 0.25) is 5.91 Å². The lowest BCUT2D eigenvalue weighted by atomic mass is 9.95. The minimum absolute atomic E-state index is 0.000623. The number of halogens is 1. The summed E-state index contributed by atoms with van der Waals surface area (Å²) < 4.78 is 0. The van der Waals surface area contributed by atoms with E-state index in [0.717, 1.165) is 48.7 Å². The first-order valence-electron chi connectivity index (χ1n) is 8.90. The van der Waals surface area contributed by atoms with Gasteiger partial charge in [-0.2, -0.15) is 0 Å². The van der Waals surface area contributed by atoms with Crippen LogP contribution in [0.15, 0.2) is 48.5 Å². The Morgan fingerprint density at radius 2 is 1.84 bits per heavy atom. The van der Waals surface area contributed by atoms with Crippen molar-refractivity contribution in [1.82, 2.24) is 4.90 Å². The van der Waals surface area contributed by atoms with Crippen LogP contribution in [-0.2, 0) is 4.79 Å². The van der Waals surface area contributed by atoms with Crippen molar-refractivity contribution in [3.8, 4) is 0 Å². The number of benzene rings is 2. The number of rotatable bonds is 4. The summed E-state index contributed by atoms with van der Waals surface area (Å²) in [4.78, 5) is 15.4. The van der Waals surface area contributed by atoms with Crippen molar-refractivity contribution in [2.24, 2.45) is 5.92 Å². The second-order valence-electron chi connectivity index (χ2n) is 6.98.